The van der Waals surface area contributed by atoms with Crippen molar-refractivity contribution in [1.29, 1.82) is 0 Å². The van der Waals surface area contributed by atoms with Gasteiger partial charge in [-0.2, -0.15) is 0 Å². The molecule has 1 saturated heterocycles. The van der Waals surface area contributed by atoms with Gasteiger partial charge in [0.25, 0.3) is 0 Å². The maximum Gasteiger partial charge on any atom is 0.0931 e. The van der Waals surface area contributed by atoms with E-state index in [4.69, 9.17) is 11.6 Å². The molecule has 1 N–H and O–H groups in total. The summed E-state index contributed by atoms with van der Waals surface area (Å²) in [7, 11) is 0. The predicted octanol–water partition coefficient (Wildman–Crippen LogP) is 4.16. The molecule has 0 unspecified atom stereocenters. The van der Waals surface area contributed by atoms with Crippen LogP contribution in [0.2, 0.25) is 4.34 Å². The Morgan fingerprint density at radius 3 is 2.53 bits per heavy atom. The molecule has 0 radical (unpaired) electrons. The zero-order valence-electron chi connectivity index (χ0n) is 11.0. The monoisotopic (exact) mass is 342 g/mol. The largest absolute Gasteiger partial charge is 0.314 e. The molecule has 1 aromatic rings. The second-order valence-corrected chi connectivity index (χ2v) is 6.35. The van der Waals surface area contributed by atoms with E-state index in [1.165, 1.54) is 10.5 Å². The zero-order chi connectivity index (χ0) is 12.3. The Bertz CT molecular complexity index is 389. The molecular formula is C13H21Cl3N2S. The number of halogens is 3. The lowest BCUT2D eigenvalue weighted by atomic mass is 10.0. The molecule has 0 saturated carbocycles. The maximum absolute atomic E-state index is 6.05. The van der Waals surface area contributed by atoms with E-state index < -0.39 is 0 Å². The van der Waals surface area contributed by atoms with Crippen LogP contribution in [0.3, 0.4) is 0 Å². The first-order chi connectivity index (χ1) is 8.16. The molecule has 6 heteroatoms. The van der Waals surface area contributed by atoms with Crippen molar-refractivity contribution in [2.75, 3.05) is 26.2 Å². The normalized spacial score (nSPS) is 17.2. The molecule has 2 heterocycles. The van der Waals surface area contributed by atoms with Crippen LogP contribution in [0.4, 0.5) is 0 Å². The van der Waals surface area contributed by atoms with Gasteiger partial charge in [-0.05, 0) is 25.5 Å². The Balaban J connectivity index is 0.00000162. The van der Waals surface area contributed by atoms with Gasteiger partial charge < -0.3 is 5.32 Å². The van der Waals surface area contributed by atoms with Crippen LogP contribution in [0.5, 0.6) is 0 Å². The van der Waals surface area contributed by atoms with E-state index in [1.807, 2.05) is 6.07 Å². The standard InChI is InChI=1S/C13H19ClN2S.2ClH/c1-10(2)9-11(12-3-4-13(14)17-12)16-7-5-15-6-8-16;;/h3-4,11,15H,1,5-9H2,2H3;2*1H/t11-;;/m0../s1. The van der Waals surface area contributed by atoms with Crippen molar-refractivity contribution in [1.82, 2.24) is 10.2 Å². The first-order valence-electron chi connectivity index (χ1n) is 6.01. The van der Waals surface area contributed by atoms with E-state index in [9.17, 15) is 0 Å². The molecule has 0 aromatic carbocycles. The van der Waals surface area contributed by atoms with Crippen molar-refractivity contribution in [3.8, 4) is 0 Å². The van der Waals surface area contributed by atoms with Crippen LogP contribution >= 0.6 is 47.8 Å². The predicted molar refractivity (Wildman–Crippen MR) is 90.4 cm³/mol. The fraction of sp³-hybridized carbons (Fsp3) is 0.538. The molecule has 0 bridgehead atoms. The van der Waals surface area contributed by atoms with Crippen LogP contribution in [0.1, 0.15) is 24.3 Å². The molecule has 0 spiro atoms. The Hall–Kier alpha value is 0.230. The van der Waals surface area contributed by atoms with Crippen LogP contribution in [0, 0.1) is 0 Å². The molecule has 1 aliphatic heterocycles. The van der Waals surface area contributed by atoms with Crippen LogP contribution in [-0.4, -0.2) is 31.1 Å². The average Bonchev–Trinajstić information content (AvgIpc) is 2.73. The van der Waals surface area contributed by atoms with Crippen molar-refractivity contribution in [3.05, 3.63) is 33.5 Å². The highest BCUT2D eigenvalue weighted by molar-refractivity contribution is 7.16. The summed E-state index contributed by atoms with van der Waals surface area (Å²) in [5, 5.41) is 3.39. The first-order valence-corrected chi connectivity index (χ1v) is 7.20. The highest BCUT2D eigenvalue weighted by Crippen LogP contribution is 2.34. The van der Waals surface area contributed by atoms with Crippen molar-refractivity contribution < 1.29 is 0 Å². The zero-order valence-corrected chi connectivity index (χ0v) is 14.2. The van der Waals surface area contributed by atoms with Gasteiger partial charge in [0.15, 0.2) is 0 Å². The van der Waals surface area contributed by atoms with Gasteiger partial charge in [0, 0.05) is 37.1 Å². The molecule has 110 valence electrons. The quantitative estimate of drug-likeness (QED) is 0.826. The van der Waals surface area contributed by atoms with E-state index in [2.05, 4.69) is 29.8 Å². The maximum atomic E-state index is 6.05. The molecule has 1 atom stereocenters. The molecule has 1 fully saturated rings. The van der Waals surface area contributed by atoms with Crippen molar-refractivity contribution in [3.63, 3.8) is 0 Å². The summed E-state index contributed by atoms with van der Waals surface area (Å²) in [6, 6.07) is 4.60. The van der Waals surface area contributed by atoms with Gasteiger partial charge in [-0.15, -0.1) is 42.7 Å². The molecule has 1 aliphatic rings. The van der Waals surface area contributed by atoms with Crippen molar-refractivity contribution in [2.45, 2.75) is 19.4 Å². The van der Waals surface area contributed by atoms with E-state index in [1.54, 1.807) is 11.3 Å². The van der Waals surface area contributed by atoms with E-state index in [0.717, 1.165) is 36.9 Å². The van der Waals surface area contributed by atoms with Crippen molar-refractivity contribution >= 4 is 47.8 Å². The Morgan fingerprint density at radius 2 is 2.05 bits per heavy atom. The summed E-state index contributed by atoms with van der Waals surface area (Å²) in [5.41, 5.74) is 1.23. The van der Waals surface area contributed by atoms with Gasteiger partial charge in [-0.1, -0.05) is 17.2 Å². The smallest absolute Gasteiger partial charge is 0.0931 e. The lowest BCUT2D eigenvalue weighted by molar-refractivity contribution is 0.175. The summed E-state index contributed by atoms with van der Waals surface area (Å²) >= 11 is 7.74. The van der Waals surface area contributed by atoms with E-state index in [-0.39, 0.29) is 24.8 Å². The second-order valence-electron chi connectivity index (χ2n) is 4.60. The van der Waals surface area contributed by atoms with Gasteiger partial charge in [-0.25, -0.2) is 0 Å². The molecule has 0 aliphatic carbocycles. The number of hydrogen-bond acceptors (Lipinski definition) is 3. The summed E-state index contributed by atoms with van der Waals surface area (Å²) in [6.07, 6.45) is 1.02. The number of nitrogens with one attached hydrogen (secondary N) is 1. The third kappa shape index (κ3) is 5.62. The van der Waals surface area contributed by atoms with Gasteiger partial charge in [-0.3, -0.25) is 4.90 Å². The van der Waals surface area contributed by atoms with E-state index >= 15 is 0 Å². The third-order valence-corrected chi connectivity index (χ3v) is 4.39. The number of rotatable bonds is 4. The highest BCUT2D eigenvalue weighted by atomic mass is 35.5. The minimum atomic E-state index is 0. The number of hydrogen-bond donors (Lipinski definition) is 1. The summed E-state index contributed by atoms with van der Waals surface area (Å²) < 4.78 is 0.877. The summed E-state index contributed by atoms with van der Waals surface area (Å²) in [6.45, 7) is 10.5. The number of thiophene rings is 1. The van der Waals surface area contributed by atoms with Crippen LogP contribution in [0.25, 0.3) is 0 Å². The topological polar surface area (TPSA) is 15.3 Å². The molecule has 0 amide bonds. The second kappa shape index (κ2) is 9.22. The van der Waals surface area contributed by atoms with Gasteiger partial charge >= 0.3 is 0 Å². The lowest BCUT2D eigenvalue weighted by Crippen LogP contribution is -2.45. The number of piperazine rings is 1. The average molecular weight is 344 g/mol. The van der Waals surface area contributed by atoms with Gasteiger partial charge in [0.2, 0.25) is 0 Å². The SMILES string of the molecule is C=C(C)C[C@@H](c1ccc(Cl)s1)N1CCNCC1.Cl.Cl. The Labute approximate surface area is 137 Å². The summed E-state index contributed by atoms with van der Waals surface area (Å²) in [4.78, 5) is 3.90. The fourth-order valence-electron chi connectivity index (χ4n) is 2.24. The van der Waals surface area contributed by atoms with Crippen molar-refractivity contribution in [2.24, 2.45) is 0 Å². The first kappa shape index (κ1) is 19.2. The van der Waals surface area contributed by atoms with E-state index in [0.29, 0.717) is 6.04 Å². The third-order valence-electron chi connectivity index (χ3n) is 3.06. The van der Waals surface area contributed by atoms with Gasteiger partial charge in [0.05, 0.1) is 4.34 Å². The molecule has 2 nitrogen and oxygen atoms in total. The van der Waals surface area contributed by atoms with Crippen LogP contribution in [0.15, 0.2) is 24.3 Å². The molecular weight excluding hydrogens is 323 g/mol. The Kier molecular flexibility index (Phi) is 9.33. The lowest BCUT2D eigenvalue weighted by Gasteiger charge is -2.34. The fourth-order valence-corrected chi connectivity index (χ4v) is 3.44. The molecule has 2 rings (SSSR count). The minimum Gasteiger partial charge on any atom is -0.314 e. The Morgan fingerprint density at radius 1 is 1.42 bits per heavy atom. The summed E-state index contributed by atoms with van der Waals surface area (Å²) in [5.74, 6) is 0. The number of nitrogens with zero attached hydrogens (tertiary/aromatic N) is 1. The molecule has 1 aromatic heterocycles. The molecule has 19 heavy (non-hydrogen) atoms. The van der Waals surface area contributed by atoms with Gasteiger partial charge in [0.1, 0.15) is 0 Å². The van der Waals surface area contributed by atoms with Crippen LogP contribution in [-0.2, 0) is 0 Å². The van der Waals surface area contributed by atoms with Crippen LogP contribution < -0.4 is 5.32 Å². The highest BCUT2D eigenvalue weighted by Gasteiger charge is 2.23. The minimum absolute atomic E-state index is 0.